The zero-order valence-corrected chi connectivity index (χ0v) is 15.4. The number of hydrogen-bond donors (Lipinski definition) is 2. The van der Waals surface area contributed by atoms with Gasteiger partial charge in [-0.25, -0.2) is 0 Å². The molecule has 0 bridgehead atoms. The van der Waals surface area contributed by atoms with Crippen molar-refractivity contribution in [3.8, 4) is 5.75 Å². The van der Waals surface area contributed by atoms with Gasteiger partial charge in [-0.05, 0) is 31.9 Å². The van der Waals surface area contributed by atoms with Gasteiger partial charge in [0.05, 0.1) is 25.4 Å². The third-order valence-electron chi connectivity index (χ3n) is 4.05. The second kappa shape index (κ2) is 10.2. The van der Waals surface area contributed by atoms with Gasteiger partial charge >= 0.3 is 0 Å². The fourth-order valence-corrected chi connectivity index (χ4v) is 2.72. The number of nitrogens with one attached hydrogen (secondary N) is 1. The van der Waals surface area contributed by atoms with Crippen LogP contribution in [0.3, 0.4) is 0 Å². The van der Waals surface area contributed by atoms with Crippen LogP contribution in [0.4, 0.5) is 5.69 Å². The van der Waals surface area contributed by atoms with Crippen LogP contribution in [0, 0.1) is 0 Å². The van der Waals surface area contributed by atoms with Crippen LogP contribution in [0.25, 0.3) is 0 Å². The molecule has 25 heavy (non-hydrogen) atoms. The summed E-state index contributed by atoms with van der Waals surface area (Å²) in [6, 6.07) is 7.14. The lowest BCUT2D eigenvalue weighted by Crippen LogP contribution is -2.43. The molecular formula is C17H26ClN3O4. The number of benzene rings is 1. The number of ether oxygens (including phenoxy) is 2. The Hall–Kier alpha value is -1.83. The smallest absolute Gasteiger partial charge is 0.252 e. The van der Waals surface area contributed by atoms with Crippen LogP contribution in [0.5, 0.6) is 5.75 Å². The number of carbonyl (C=O) groups is 2. The first-order chi connectivity index (χ1) is 11.6. The van der Waals surface area contributed by atoms with Gasteiger partial charge in [-0.2, -0.15) is 0 Å². The van der Waals surface area contributed by atoms with Gasteiger partial charge in [0.1, 0.15) is 11.9 Å². The molecule has 1 heterocycles. The highest BCUT2D eigenvalue weighted by Gasteiger charge is 2.33. The highest BCUT2D eigenvalue weighted by atomic mass is 35.5. The zero-order chi connectivity index (χ0) is 17.5. The Morgan fingerprint density at radius 3 is 2.68 bits per heavy atom. The van der Waals surface area contributed by atoms with Crippen LogP contribution in [-0.4, -0.2) is 55.7 Å². The monoisotopic (exact) mass is 371 g/mol. The van der Waals surface area contributed by atoms with Crippen LogP contribution < -0.4 is 15.8 Å². The zero-order valence-electron chi connectivity index (χ0n) is 14.6. The summed E-state index contributed by atoms with van der Waals surface area (Å²) in [4.78, 5) is 26.3. The Balaban J connectivity index is 0.00000312. The minimum atomic E-state index is -0.502. The SMILES string of the molecule is CCN(CC(=O)Nc1ccccc1OC)C(=O)[C@@H]1CC[C@H](CN)O1.Cl. The molecule has 1 saturated heterocycles. The summed E-state index contributed by atoms with van der Waals surface area (Å²) in [5.74, 6) is 0.136. The normalized spacial score (nSPS) is 19.0. The summed E-state index contributed by atoms with van der Waals surface area (Å²) in [5.41, 5.74) is 6.15. The second-order valence-electron chi connectivity index (χ2n) is 5.66. The Labute approximate surface area is 154 Å². The van der Waals surface area contributed by atoms with Gasteiger partial charge in [0.15, 0.2) is 0 Å². The minimum Gasteiger partial charge on any atom is -0.495 e. The topological polar surface area (TPSA) is 93.9 Å². The van der Waals surface area contributed by atoms with E-state index >= 15 is 0 Å². The largest absolute Gasteiger partial charge is 0.495 e. The summed E-state index contributed by atoms with van der Waals surface area (Å²) >= 11 is 0. The Morgan fingerprint density at radius 1 is 1.36 bits per heavy atom. The van der Waals surface area contributed by atoms with E-state index in [1.165, 1.54) is 12.0 Å². The van der Waals surface area contributed by atoms with Crippen molar-refractivity contribution in [2.75, 3.05) is 32.1 Å². The molecule has 2 atom stereocenters. The van der Waals surface area contributed by atoms with E-state index in [9.17, 15) is 9.59 Å². The molecule has 0 spiro atoms. The van der Waals surface area contributed by atoms with E-state index < -0.39 is 6.10 Å². The van der Waals surface area contributed by atoms with Crippen LogP contribution >= 0.6 is 12.4 Å². The Bertz CT molecular complexity index is 585. The minimum absolute atomic E-state index is 0. The summed E-state index contributed by atoms with van der Waals surface area (Å²) in [6.45, 7) is 2.65. The number of nitrogens with two attached hydrogens (primary N) is 1. The maximum absolute atomic E-state index is 12.5. The van der Waals surface area contributed by atoms with Crippen molar-refractivity contribution >= 4 is 29.9 Å². The molecule has 1 aliphatic heterocycles. The van der Waals surface area contributed by atoms with E-state index in [2.05, 4.69) is 5.32 Å². The first-order valence-electron chi connectivity index (χ1n) is 8.16. The molecule has 7 nitrogen and oxygen atoms in total. The molecule has 140 valence electrons. The summed E-state index contributed by atoms with van der Waals surface area (Å²) in [5, 5.41) is 2.77. The lowest BCUT2D eigenvalue weighted by atomic mass is 10.2. The van der Waals surface area contributed by atoms with E-state index in [1.807, 2.05) is 13.0 Å². The molecule has 8 heteroatoms. The maximum Gasteiger partial charge on any atom is 0.252 e. The molecule has 1 aliphatic rings. The van der Waals surface area contributed by atoms with E-state index in [-0.39, 0.29) is 36.9 Å². The van der Waals surface area contributed by atoms with Crippen molar-refractivity contribution in [1.82, 2.24) is 4.90 Å². The molecule has 1 aromatic carbocycles. The lowest BCUT2D eigenvalue weighted by molar-refractivity contribution is -0.144. The summed E-state index contributed by atoms with van der Waals surface area (Å²) in [7, 11) is 1.54. The fourth-order valence-electron chi connectivity index (χ4n) is 2.72. The van der Waals surface area contributed by atoms with E-state index in [4.69, 9.17) is 15.2 Å². The van der Waals surface area contributed by atoms with Gasteiger partial charge in [0, 0.05) is 13.1 Å². The first-order valence-corrected chi connectivity index (χ1v) is 8.16. The van der Waals surface area contributed by atoms with Crippen molar-refractivity contribution in [3.63, 3.8) is 0 Å². The van der Waals surface area contributed by atoms with Gasteiger partial charge in [0.2, 0.25) is 5.91 Å². The number of anilines is 1. The molecular weight excluding hydrogens is 346 g/mol. The third kappa shape index (κ3) is 5.59. The Morgan fingerprint density at radius 2 is 2.08 bits per heavy atom. The number of hydrogen-bond acceptors (Lipinski definition) is 5. The molecule has 0 radical (unpaired) electrons. The number of nitrogens with zero attached hydrogens (tertiary/aromatic N) is 1. The van der Waals surface area contributed by atoms with Gasteiger partial charge in [-0.1, -0.05) is 12.1 Å². The van der Waals surface area contributed by atoms with Crippen molar-refractivity contribution in [2.45, 2.75) is 32.0 Å². The number of rotatable bonds is 7. The number of methoxy groups -OCH3 is 1. The highest BCUT2D eigenvalue weighted by Crippen LogP contribution is 2.23. The lowest BCUT2D eigenvalue weighted by Gasteiger charge is -2.24. The van der Waals surface area contributed by atoms with E-state index in [0.29, 0.717) is 30.9 Å². The number of carbonyl (C=O) groups excluding carboxylic acids is 2. The molecule has 1 aromatic rings. The third-order valence-corrected chi connectivity index (χ3v) is 4.05. The van der Waals surface area contributed by atoms with Crippen molar-refractivity contribution in [1.29, 1.82) is 0 Å². The van der Waals surface area contributed by atoms with Crippen molar-refractivity contribution in [3.05, 3.63) is 24.3 Å². The number of halogens is 1. The van der Waals surface area contributed by atoms with Crippen LogP contribution in [0.2, 0.25) is 0 Å². The molecule has 0 saturated carbocycles. The summed E-state index contributed by atoms with van der Waals surface area (Å²) in [6.07, 6.45) is 0.848. The van der Waals surface area contributed by atoms with Crippen molar-refractivity contribution < 1.29 is 19.1 Å². The molecule has 0 aromatic heterocycles. The number of amides is 2. The van der Waals surface area contributed by atoms with Crippen LogP contribution in [0.1, 0.15) is 19.8 Å². The standard InChI is InChI=1S/C17H25N3O4.ClH/c1-3-20(17(22)15-9-8-12(10-18)24-15)11-16(21)19-13-6-4-5-7-14(13)23-2;/h4-7,12,15H,3,8-11,18H2,1-2H3,(H,19,21);1H/t12-,15+;/m1./s1. The average Bonchev–Trinajstić information content (AvgIpc) is 3.08. The molecule has 0 aliphatic carbocycles. The van der Waals surface area contributed by atoms with Crippen LogP contribution in [-0.2, 0) is 14.3 Å². The fraction of sp³-hybridized carbons (Fsp3) is 0.529. The van der Waals surface area contributed by atoms with Gasteiger partial charge in [0.25, 0.3) is 5.91 Å². The predicted molar refractivity (Wildman–Crippen MR) is 98.1 cm³/mol. The summed E-state index contributed by atoms with van der Waals surface area (Å²) < 4.78 is 10.8. The number of likely N-dealkylation sites (N-methyl/N-ethyl adjacent to an activating group) is 1. The molecule has 1 fully saturated rings. The molecule has 2 rings (SSSR count). The average molecular weight is 372 g/mol. The maximum atomic E-state index is 12.5. The van der Waals surface area contributed by atoms with Gasteiger partial charge in [-0.15, -0.1) is 12.4 Å². The first kappa shape index (κ1) is 21.2. The highest BCUT2D eigenvalue weighted by molar-refractivity contribution is 5.96. The number of para-hydroxylation sites is 2. The van der Waals surface area contributed by atoms with E-state index in [1.54, 1.807) is 18.2 Å². The van der Waals surface area contributed by atoms with Crippen molar-refractivity contribution in [2.24, 2.45) is 5.73 Å². The molecule has 3 N–H and O–H groups in total. The van der Waals surface area contributed by atoms with Gasteiger partial charge in [-0.3, -0.25) is 9.59 Å². The Kier molecular flexibility index (Phi) is 8.68. The predicted octanol–water partition coefficient (Wildman–Crippen LogP) is 1.41. The van der Waals surface area contributed by atoms with E-state index in [0.717, 1.165) is 6.42 Å². The quantitative estimate of drug-likeness (QED) is 0.755. The van der Waals surface area contributed by atoms with Crippen LogP contribution in [0.15, 0.2) is 24.3 Å². The second-order valence-corrected chi connectivity index (χ2v) is 5.66. The molecule has 2 amide bonds. The van der Waals surface area contributed by atoms with Gasteiger partial charge < -0.3 is 25.4 Å². The molecule has 0 unspecified atom stereocenters.